The first-order valence-electron chi connectivity index (χ1n) is 6.37. The summed E-state index contributed by atoms with van der Waals surface area (Å²) in [5.74, 6) is 1.11. The third-order valence-corrected chi connectivity index (χ3v) is 3.63. The molecule has 1 aliphatic heterocycles. The van der Waals surface area contributed by atoms with Crippen molar-refractivity contribution in [1.82, 2.24) is 15.8 Å². The number of carbonyl (C=O) groups is 1. The standard InChI is InChI=1S/C12H17N3O3/c16-6-8-4-13-5-10(8)14-12(17)9-3-11(18-15-9)7-1-2-7/h3,7-8,10,13,16H,1-2,4-6H2,(H,14,17)/t8-,10-/m0/s1. The molecule has 1 saturated carbocycles. The fraction of sp³-hybridized carbons (Fsp3) is 0.667. The second kappa shape index (κ2) is 4.70. The molecule has 2 heterocycles. The lowest BCUT2D eigenvalue weighted by Crippen LogP contribution is -2.41. The highest BCUT2D eigenvalue weighted by atomic mass is 16.5. The molecule has 1 aromatic rings. The van der Waals surface area contributed by atoms with Crippen molar-refractivity contribution in [2.75, 3.05) is 19.7 Å². The van der Waals surface area contributed by atoms with Crippen LogP contribution in [0.4, 0.5) is 0 Å². The Morgan fingerprint density at radius 3 is 3.11 bits per heavy atom. The minimum absolute atomic E-state index is 0.0384. The fourth-order valence-electron chi connectivity index (χ4n) is 2.29. The molecular formula is C12H17N3O3. The van der Waals surface area contributed by atoms with Gasteiger partial charge in [-0.1, -0.05) is 5.16 Å². The molecule has 0 radical (unpaired) electrons. The normalized spacial score (nSPS) is 27.4. The number of rotatable bonds is 4. The fourth-order valence-corrected chi connectivity index (χ4v) is 2.29. The monoisotopic (exact) mass is 251 g/mol. The van der Waals surface area contributed by atoms with E-state index < -0.39 is 0 Å². The van der Waals surface area contributed by atoms with Gasteiger partial charge in [0.15, 0.2) is 5.69 Å². The number of carbonyl (C=O) groups excluding carboxylic acids is 1. The average Bonchev–Trinajstić information content (AvgIpc) is 2.93. The molecule has 1 aromatic heterocycles. The van der Waals surface area contributed by atoms with E-state index in [1.54, 1.807) is 6.07 Å². The van der Waals surface area contributed by atoms with Gasteiger partial charge in [-0.25, -0.2) is 0 Å². The lowest BCUT2D eigenvalue weighted by atomic mass is 10.1. The van der Waals surface area contributed by atoms with Gasteiger partial charge in [0.2, 0.25) is 0 Å². The Kier molecular flexibility index (Phi) is 3.05. The molecule has 18 heavy (non-hydrogen) atoms. The first-order valence-corrected chi connectivity index (χ1v) is 6.37. The molecule has 0 bridgehead atoms. The van der Waals surface area contributed by atoms with Crippen molar-refractivity contribution < 1.29 is 14.4 Å². The summed E-state index contributed by atoms with van der Waals surface area (Å²) >= 11 is 0. The number of hydrogen-bond acceptors (Lipinski definition) is 5. The molecule has 2 fully saturated rings. The van der Waals surface area contributed by atoms with E-state index in [4.69, 9.17) is 4.52 Å². The van der Waals surface area contributed by atoms with Gasteiger partial charge in [0.1, 0.15) is 5.76 Å². The minimum atomic E-state index is -0.224. The first-order chi connectivity index (χ1) is 8.78. The minimum Gasteiger partial charge on any atom is -0.396 e. The van der Waals surface area contributed by atoms with Gasteiger partial charge in [0.25, 0.3) is 5.91 Å². The Bertz CT molecular complexity index is 442. The number of aliphatic hydroxyl groups excluding tert-OH is 1. The van der Waals surface area contributed by atoms with Crippen molar-refractivity contribution in [2.24, 2.45) is 5.92 Å². The molecule has 0 aromatic carbocycles. The van der Waals surface area contributed by atoms with Crippen molar-refractivity contribution in [3.63, 3.8) is 0 Å². The Labute approximate surface area is 105 Å². The highest BCUT2D eigenvalue weighted by Gasteiger charge is 2.31. The zero-order valence-corrected chi connectivity index (χ0v) is 10.1. The summed E-state index contributed by atoms with van der Waals surface area (Å²) in [6, 6.07) is 1.69. The molecule has 2 atom stereocenters. The molecule has 1 saturated heterocycles. The van der Waals surface area contributed by atoms with Gasteiger partial charge >= 0.3 is 0 Å². The van der Waals surface area contributed by atoms with Crippen molar-refractivity contribution in [3.8, 4) is 0 Å². The Morgan fingerprint density at radius 1 is 1.56 bits per heavy atom. The molecule has 1 aliphatic carbocycles. The maximum absolute atomic E-state index is 12.0. The van der Waals surface area contributed by atoms with Crippen molar-refractivity contribution >= 4 is 5.91 Å². The molecular weight excluding hydrogens is 234 g/mol. The Hall–Kier alpha value is -1.40. The van der Waals surface area contributed by atoms with Crippen LogP contribution in [0.5, 0.6) is 0 Å². The number of nitrogens with zero attached hydrogens (tertiary/aromatic N) is 1. The molecule has 0 spiro atoms. The van der Waals surface area contributed by atoms with Gasteiger partial charge in [-0.05, 0) is 12.8 Å². The van der Waals surface area contributed by atoms with Crippen LogP contribution in [0.25, 0.3) is 0 Å². The third kappa shape index (κ3) is 2.26. The Balaban J connectivity index is 1.62. The van der Waals surface area contributed by atoms with Crippen LogP contribution in [-0.4, -0.2) is 41.9 Å². The first kappa shape index (κ1) is 11.7. The van der Waals surface area contributed by atoms with Gasteiger partial charge in [-0.3, -0.25) is 4.79 Å². The SMILES string of the molecule is O=C(N[C@H]1CNC[C@H]1CO)c1cc(C2CC2)on1. The quantitative estimate of drug-likeness (QED) is 0.693. The zero-order valence-electron chi connectivity index (χ0n) is 10.1. The highest BCUT2D eigenvalue weighted by molar-refractivity contribution is 5.92. The van der Waals surface area contributed by atoms with Crippen LogP contribution < -0.4 is 10.6 Å². The maximum atomic E-state index is 12.0. The second-order valence-electron chi connectivity index (χ2n) is 5.07. The van der Waals surface area contributed by atoms with Crippen LogP contribution >= 0.6 is 0 Å². The van der Waals surface area contributed by atoms with Crippen LogP contribution in [0.3, 0.4) is 0 Å². The van der Waals surface area contributed by atoms with Gasteiger partial charge in [-0.2, -0.15) is 0 Å². The molecule has 0 unspecified atom stereocenters. The second-order valence-corrected chi connectivity index (χ2v) is 5.07. The van der Waals surface area contributed by atoms with E-state index in [0.717, 1.165) is 25.1 Å². The summed E-state index contributed by atoms with van der Waals surface area (Å²) in [6.45, 7) is 1.49. The zero-order chi connectivity index (χ0) is 12.5. The van der Waals surface area contributed by atoms with Gasteiger partial charge in [0, 0.05) is 43.6 Å². The van der Waals surface area contributed by atoms with Gasteiger partial charge < -0.3 is 20.3 Å². The van der Waals surface area contributed by atoms with Crippen LogP contribution in [0.15, 0.2) is 10.6 Å². The van der Waals surface area contributed by atoms with E-state index in [1.165, 1.54) is 0 Å². The number of aromatic nitrogens is 1. The van der Waals surface area contributed by atoms with Gasteiger partial charge in [0.05, 0.1) is 0 Å². The average molecular weight is 251 g/mol. The number of amides is 1. The third-order valence-electron chi connectivity index (χ3n) is 3.63. The summed E-state index contributed by atoms with van der Waals surface area (Å²) in [4.78, 5) is 12.0. The molecule has 1 amide bonds. The molecule has 6 nitrogen and oxygen atoms in total. The topological polar surface area (TPSA) is 87.4 Å². The summed E-state index contributed by atoms with van der Waals surface area (Å²) in [5.41, 5.74) is 0.334. The summed E-state index contributed by atoms with van der Waals surface area (Å²) in [5, 5.41) is 19.0. The van der Waals surface area contributed by atoms with E-state index in [2.05, 4.69) is 15.8 Å². The smallest absolute Gasteiger partial charge is 0.273 e. The Morgan fingerprint density at radius 2 is 2.39 bits per heavy atom. The summed E-state index contributed by atoms with van der Waals surface area (Å²) in [6.07, 6.45) is 2.24. The van der Waals surface area contributed by atoms with Crippen LogP contribution in [-0.2, 0) is 0 Å². The number of nitrogens with one attached hydrogen (secondary N) is 2. The summed E-state index contributed by atoms with van der Waals surface area (Å²) in [7, 11) is 0. The van der Waals surface area contributed by atoms with Gasteiger partial charge in [-0.15, -0.1) is 0 Å². The summed E-state index contributed by atoms with van der Waals surface area (Å²) < 4.78 is 5.15. The molecule has 3 rings (SSSR count). The largest absolute Gasteiger partial charge is 0.396 e. The highest BCUT2D eigenvalue weighted by Crippen LogP contribution is 2.40. The molecule has 98 valence electrons. The molecule has 3 N–H and O–H groups in total. The van der Waals surface area contributed by atoms with E-state index in [-0.39, 0.29) is 24.5 Å². The van der Waals surface area contributed by atoms with Crippen LogP contribution in [0.2, 0.25) is 0 Å². The van der Waals surface area contributed by atoms with E-state index in [0.29, 0.717) is 18.2 Å². The predicted molar refractivity (Wildman–Crippen MR) is 63.2 cm³/mol. The molecule has 6 heteroatoms. The van der Waals surface area contributed by atoms with E-state index >= 15 is 0 Å². The maximum Gasteiger partial charge on any atom is 0.273 e. The lowest BCUT2D eigenvalue weighted by molar-refractivity contribution is 0.0912. The van der Waals surface area contributed by atoms with Crippen LogP contribution in [0, 0.1) is 5.92 Å². The van der Waals surface area contributed by atoms with Crippen LogP contribution in [0.1, 0.15) is 35.0 Å². The lowest BCUT2D eigenvalue weighted by Gasteiger charge is -2.16. The van der Waals surface area contributed by atoms with Crippen molar-refractivity contribution in [3.05, 3.63) is 17.5 Å². The van der Waals surface area contributed by atoms with Crippen molar-refractivity contribution in [1.29, 1.82) is 0 Å². The molecule has 2 aliphatic rings. The van der Waals surface area contributed by atoms with E-state index in [9.17, 15) is 9.90 Å². The van der Waals surface area contributed by atoms with Crippen molar-refractivity contribution in [2.45, 2.75) is 24.8 Å². The predicted octanol–water partition coefficient (Wildman–Crippen LogP) is -0.138. The number of aliphatic hydroxyl groups is 1. The number of hydrogen-bond donors (Lipinski definition) is 3. The van der Waals surface area contributed by atoms with E-state index in [1.807, 2.05) is 0 Å².